The zero-order valence-electron chi connectivity index (χ0n) is 21.5. The van der Waals surface area contributed by atoms with Gasteiger partial charge < -0.3 is 9.47 Å². The quantitative estimate of drug-likeness (QED) is 0.362. The maximum absolute atomic E-state index is 12.9. The lowest BCUT2D eigenvalue weighted by Gasteiger charge is -2.34. The molecule has 1 amide bonds. The molecular formula is C27H35ClN4O3S2. The molecule has 0 aliphatic carbocycles. The van der Waals surface area contributed by atoms with Crippen LogP contribution in [0.25, 0.3) is 10.8 Å². The Morgan fingerprint density at radius 1 is 1.03 bits per heavy atom. The van der Waals surface area contributed by atoms with Gasteiger partial charge in [0.15, 0.2) is 14.6 Å². The first-order valence-corrected chi connectivity index (χ1v) is 15.8. The number of benzene rings is 2. The summed E-state index contributed by atoms with van der Waals surface area (Å²) >= 11 is 7.73. The first-order chi connectivity index (χ1) is 17.8. The lowest BCUT2D eigenvalue weighted by molar-refractivity contribution is -0.132. The molecule has 1 fully saturated rings. The van der Waals surface area contributed by atoms with Crippen LogP contribution >= 0.6 is 22.9 Å². The second kappa shape index (κ2) is 12.6. The number of amides is 1. The third-order valence-electron chi connectivity index (χ3n) is 6.62. The van der Waals surface area contributed by atoms with Gasteiger partial charge in [-0.2, -0.15) is 0 Å². The molecule has 0 saturated carbocycles. The van der Waals surface area contributed by atoms with E-state index >= 15 is 0 Å². The smallest absolute Gasteiger partial charge is 0.223 e. The Kier molecular flexibility index (Phi) is 9.45. The first-order valence-electron chi connectivity index (χ1n) is 12.9. The number of piperazine rings is 1. The lowest BCUT2D eigenvalue weighted by atomic mass is 10.1. The van der Waals surface area contributed by atoms with Crippen molar-refractivity contribution >= 4 is 49.5 Å². The fourth-order valence-electron chi connectivity index (χ4n) is 4.56. The highest BCUT2D eigenvalue weighted by Crippen LogP contribution is 2.23. The normalized spacial score (nSPS) is 15.5. The lowest BCUT2D eigenvalue weighted by Crippen LogP contribution is -2.48. The van der Waals surface area contributed by atoms with Gasteiger partial charge >= 0.3 is 0 Å². The summed E-state index contributed by atoms with van der Waals surface area (Å²) in [5, 5.41) is 4.50. The van der Waals surface area contributed by atoms with Crippen molar-refractivity contribution < 1.29 is 13.2 Å². The first kappa shape index (κ1) is 27.8. The van der Waals surface area contributed by atoms with Crippen LogP contribution in [0.3, 0.4) is 0 Å². The maximum atomic E-state index is 12.9. The van der Waals surface area contributed by atoms with E-state index in [4.69, 9.17) is 16.6 Å². The van der Waals surface area contributed by atoms with Gasteiger partial charge in [0.05, 0.1) is 10.6 Å². The standard InChI is InChI=1S/C27H35ClN4O3S2/c1-3-10-29-27-32(11-4-2)24(20-36-27)19-30-12-14-31(15-13-30)26(33)9-16-37(34,35)25-8-6-21-17-23(28)7-5-22(21)18-25/h5-8,17-18,20H,3-4,9-16,19H2,1-2H3/b29-27-. The molecule has 0 bridgehead atoms. The van der Waals surface area contributed by atoms with E-state index in [1.807, 2.05) is 6.07 Å². The van der Waals surface area contributed by atoms with Gasteiger partial charge in [-0.1, -0.05) is 37.6 Å². The van der Waals surface area contributed by atoms with Crippen molar-refractivity contribution in [2.24, 2.45) is 4.99 Å². The van der Waals surface area contributed by atoms with Crippen LogP contribution in [-0.2, 0) is 27.7 Å². The summed E-state index contributed by atoms with van der Waals surface area (Å²) in [4.78, 5) is 23.1. The van der Waals surface area contributed by atoms with E-state index in [0.29, 0.717) is 18.1 Å². The summed E-state index contributed by atoms with van der Waals surface area (Å²) in [6, 6.07) is 10.4. The number of thiazole rings is 1. The van der Waals surface area contributed by atoms with Gasteiger partial charge in [0.25, 0.3) is 0 Å². The molecular weight excluding hydrogens is 528 g/mol. The van der Waals surface area contributed by atoms with E-state index in [-0.39, 0.29) is 23.0 Å². The van der Waals surface area contributed by atoms with Crippen LogP contribution in [0.1, 0.15) is 38.8 Å². The summed E-state index contributed by atoms with van der Waals surface area (Å²) < 4.78 is 28.2. The third-order valence-corrected chi connectivity index (χ3v) is 9.52. The highest BCUT2D eigenvalue weighted by Gasteiger charge is 2.24. The Hall–Kier alpha value is -2.20. The van der Waals surface area contributed by atoms with Crippen molar-refractivity contribution in [2.75, 3.05) is 38.5 Å². The fourth-order valence-corrected chi connectivity index (χ4v) is 6.94. The van der Waals surface area contributed by atoms with Gasteiger partial charge in [0.1, 0.15) is 0 Å². The highest BCUT2D eigenvalue weighted by atomic mass is 35.5. The number of nitrogens with zero attached hydrogens (tertiary/aromatic N) is 4. The minimum absolute atomic E-state index is 0.00961. The van der Waals surface area contributed by atoms with E-state index in [0.717, 1.165) is 61.1 Å². The number of hydrogen-bond donors (Lipinski definition) is 0. The monoisotopic (exact) mass is 562 g/mol. The molecule has 2 aromatic carbocycles. The third kappa shape index (κ3) is 7.02. The predicted molar refractivity (Wildman–Crippen MR) is 151 cm³/mol. The summed E-state index contributed by atoms with van der Waals surface area (Å²) in [5.74, 6) is -0.297. The van der Waals surface area contributed by atoms with Crippen LogP contribution in [0, 0.1) is 0 Å². The topological polar surface area (TPSA) is 75.0 Å². The van der Waals surface area contributed by atoms with Crippen LogP contribution in [0.5, 0.6) is 0 Å². The van der Waals surface area contributed by atoms with Gasteiger partial charge in [-0.3, -0.25) is 14.7 Å². The molecule has 1 saturated heterocycles. The SMILES string of the molecule is CCC/N=c1\scc(CN2CCN(C(=O)CCS(=O)(=O)c3ccc4cc(Cl)ccc4c3)CC2)n1CCC. The molecule has 0 unspecified atom stereocenters. The van der Waals surface area contributed by atoms with Crippen molar-refractivity contribution in [3.8, 4) is 0 Å². The molecule has 3 aromatic rings. The average molecular weight is 563 g/mol. The Bertz CT molecular complexity index is 1410. The minimum atomic E-state index is -3.56. The minimum Gasteiger partial charge on any atom is -0.340 e. The zero-order valence-corrected chi connectivity index (χ0v) is 23.9. The maximum Gasteiger partial charge on any atom is 0.223 e. The van der Waals surface area contributed by atoms with Crippen LogP contribution in [-0.4, -0.2) is 67.2 Å². The molecule has 0 spiro atoms. The molecule has 1 aliphatic rings. The highest BCUT2D eigenvalue weighted by molar-refractivity contribution is 7.91. The number of carbonyl (C=O) groups is 1. The average Bonchev–Trinajstić information content (AvgIpc) is 3.27. The van der Waals surface area contributed by atoms with Crippen molar-refractivity contribution in [2.45, 2.75) is 51.1 Å². The van der Waals surface area contributed by atoms with Gasteiger partial charge in [0.2, 0.25) is 5.91 Å². The largest absolute Gasteiger partial charge is 0.340 e. The number of halogens is 1. The molecule has 0 N–H and O–H groups in total. The molecule has 10 heteroatoms. The summed E-state index contributed by atoms with van der Waals surface area (Å²) in [6.45, 7) is 9.72. The summed E-state index contributed by atoms with van der Waals surface area (Å²) in [5.41, 5.74) is 1.27. The number of sulfone groups is 1. The molecule has 1 aromatic heterocycles. The van der Waals surface area contributed by atoms with Crippen molar-refractivity contribution in [1.82, 2.24) is 14.4 Å². The van der Waals surface area contributed by atoms with Gasteiger partial charge in [0, 0.05) is 68.3 Å². The molecule has 7 nitrogen and oxygen atoms in total. The second-order valence-electron chi connectivity index (χ2n) is 9.42. The van der Waals surface area contributed by atoms with Crippen molar-refractivity contribution in [1.29, 1.82) is 0 Å². The molecule has 37 heavy (non-hydrogen) atoms. The number of rotatable bonds is 10. The van der Waals surface area contributed by atoms with Gasteiger partial charge in [-0.05, 0) is 47.9 Å². The Morgan fingerprint density at radius 3 is 2.49 bits per heavy atom. The molecule has 2 heterocycles. The number of fused-ring (bicyclic) bond motifs is 1. The van der Waals surface area contributed by atoms with Crippen LogP contribution in [0.4, 0.5) is 0 Å². The van der Waals surface area contributed by atoms with Crippen LogP contribution in [0.2, 0.25) is 5.02 Å². The number of aromatic nitrogens is 1. The Balaban J connectivity index is 1.31. The van der Waals surface area contributed by atoms with E-state index in [1.165, 1.54) is 5.69 Å². The predicted octanol–water partition coefficient (Wildman–Crippen LogP) is 4.59. The molecule has 4 rings (SSSR count). The van der Waals surface area contributed by atoms with Gasteiger partial charge in [-0.15, -0.1) is 11.3 Å². The van der Waals surface area contributed by atoms with Crippen LogP contribution in [0.15, 0.2) is 51.7 Å². The fraction of sp³-hybridized carbons (Fsp3) is 0.481. The Labute approximate surface area is 228 Å². The Morgan fingerprint density at radius 2 is 1.76 bits per heavy atom. The van der Waals surface area contributed by atoms with Crippen molar-refractivity contribution in [3.05, 3.63) is 57.3 Å². The molecule has 0 atom stereocenters. The molecule has 1 aliphatic heterocycles. The molecule has 200 valence electrons. The van der Waals surface area contributed by atoms with E-state index in [2.05, 4.69) is 28.7 Å². The molecule has 0 radical (unpaired) electrons. The number of carbonyl (C=O) groups excluding carboxylic acids is 1. The zero-order chi connectivity index (χ0) is 26.4. The van der Waals surface area contributed by atoms with Crippen molar-refractivity contribution in [3.63, 3.8) is 0 Å². The summed E-state index contributed by atoms with van der Waals surface area (Å²) in [7, 11) is -3.56. The summed E-state index contributed by atoms with van der Waals surface area (Å²) in [6.07, 6.45) is 2.08. The number of hydrogen-bond acceptors (Lipinski definition) is 6. The van der Waals surface area contributed by atoms with Crippen LogP contribution < -0.4 is 4.80 Å². The van der Waals surface area contributed by atoms with E-state index < -0.39 is 9.84 Å². The second-order valence-corrected chi connectivity index (χ2v) is 12.8. The van der Waals surface area contributed by atoms with Gasteiger partial charge in [-0.25, -0.2) is 8.42 Å². The van der Waals surface area contributed by atoms with E-state index in [9.17, 15) is 13.2 Å². The van der Waals surface area contributed by atoms with E-state index in [1.54, 1.807) is 46.6 Å².